The Morgan fingerprint density at radius 2 is 1.88 bits per heavy atom. The largest absolute Gasteiger partial charge is 0.478 e. The third kappa shape index (κ3) is 2.51. The zero-order chi connectivity index (χ0) is 11.5. The zero-order valence-corrected chi connectivity index (χ0v) is 9.54. The molecule has 1 aliphatic carbocycles. The van der Waals surface area contributed by atoms with Crippen LogP contribution < -0.4 is 0 Å². The van der Waals surface area contributed by atoms with Crippen molar-refractivity contribution in [2.45, 2.75) is 12.5 Å². The average molecular weight is 224 g/mol. The topological polar surface area (TPSA) is 21.6 Å². The Balaban J connectivity index is 1.62. The van der Waals surface area contributed by atoms with E-state index in [1.807, 2.05) is 31.7 Å². The molecule has 1 aliphatic heterocycles. The van der Waals surface area contributed by atoms with Crippen molar-refractivity contribution in [3.63, 3.8) is 0 Å². The van der Waals surface area contributed by atoms with Gasteiger partial charge in [0.05, 0.1) is 12.0 Å². The van der Waals surface area contributed by atoms with Crippen LogP contribution >= 0.6 is 0 Å². The second kappa shape index (κ2) is 4.91. The van der Waals surface area contributed by atoms with Gasteiger partial charge in [0.15, 0.2) is 5.90 Å². The van der Waals surface area contributed by atoms with Gasteiger partial charge in [-0.2, -0.15) is 0 Å². The Kier molecular flexibility index (Phi) is 3.12. The van der Waals surface area contributed by atoms with Gasteiger partial charge in [0.25, 0.3) is 0 Å². The molecule has 17 heavy (non-hydrogen) atoms. The number of ether oxygens (including phenoxy) is 1. The minimum Gasteiger partial charge on any atom is -0.478 e. The quantitative estimate of drug-likeness (QED) is 0.772. The van der Waals surface area contributed by atoms with Crippen LogP contribution in [0.3, 0.4) is 0 Å². The van der Waals surface area contributed by atoms with Gasteiger partial charge in [0, 0.05) is 0 Å². The van der Waals surface area contributed by atoms with Gasteiger partial charge in [-0.15, -0.1) is 0 Å². The third-order valence-corrected chi connectivity index (χ3v) is 2.94. The van der Waals surface area contributed by atoms with E-state index in [-0.39, 0.29) is 6.04 Å². The minimum atomic E-state index is 0.252. The number of hydrogen-bond acceptors (Lipinski definition) is 2. The van der Waals surface area contributed by atoms with Crippen LogP contribution in [0.5, 0.6) is 0 Å². The van der Waals surface area contributed by atoms with Crippen molar-refractivity contribution in [2.24, 2.45) is 4.99 Å². The van der Waals surface area contributed by atoms with Crippen molar-refractivity contribution < 1.29 is 4.74 Å². The Hall–Kier alpha value is -1.31. The number of rotatable bonds is 3. The van der Waals surface area contributed by atoms with Gasteiger partial charge in [-0.1, -0.05) is 30.3 Å². The van der Waals surface area contributed by atoms with E-state index in [1.165, 1.54) is 5.56 Å². The monoisotopic (exact) mass is 224 g/mol. The van der Waals surface area contributed by atoms with Crippen LogP contribution in [0.1, 0.15) is 5.56 Å². The number of benzene rings is 1. The fourth-order valence-electron chi connectivity index (χ4n) is 2.08. The molecule has 1 atom stereocenters. The number of nitrogens with zero attached hydrogens (tertiary/aromatic N) is 1. The van der Waals surface area contributed by atoms with Gasteiger partial charge in [0.1, 0.15) is 6.61 Å². The molecule has 1 saturated carbocycles. The molecule has 0 bridgehead atoms. The highest BCUT2D eigenvalue weighted by molar-refractivity contribution is 5.96. The molecule has 0 aromatic heterocycles. The van der Waals surface area contributed by atoms with E-state index >= 15 is 0 Å². The fourth-order valence-corrected chi connectivity index (χ4v) is 2.08. The van der Waals surface area contributed by atoms with E-state index in [0.29, 0.717) is 6.61 Å². The van der Waals surface area contributed by atoms with E-state index < -0.39 is 0 Å². The third-order valence-electron chi connectivity index (χ3n) is 2.94. The van der Waals surface area contributed by atoms with E-state index in [1.54, 1.807) is 0 Å². The summed E-state index contributed by atoms with van der Waals surface area (Å²) >= 11 is 0. The van der Waals surface area contributed by atoms with Crippen molar-refractivity contribution >= 4 is 5.90 Å². The molecule has 2 nitrogen and oxygen atoms in total. The van der Waals surface area contributed by atoms with Gasteiger partial charge in [-0.05, 0) is 37.7 Å². The van der Waals surface area contributed by atoms with Gasteiger partial charge in [0.2, 0.25) is 0 Å². The Labute approximate surface area is 103 Å². The van der Waals surface area contributed by atoms with E-state index in [9.17, 15) is 0 Å². The molecule has 0 unspecified atom stereocenters. The molecule has 1 fully saturated rings. The molecule has 0 amide bonds. The van der Waals surface area contributed by atoms with Crippen molar-refractivity contribution in [3.05, 3.63) is 67.5 Å². The standard InChI is InChI=1S/C15H14NO/c1-2-6-12(7-3-1)10-14-11-17-15(16-14)13-8-4-5-9-13/h1-9,14H,10-11H2/t14-/m0/s1. The molecule has 2 aliphatic rings. The van der Waals surface area contributed by atoms with Gasteiger partial charge >= 0.3 is 0 Å². The smallest absolute Gasteiger partial charge is 0.191 e. The van der Waals surface area contributed by atoms with Gasteiger partial charge in [-0.25, -0.2) is 4.99 Å². The predicted octanol–water partition coefficient (Wildman–Crippen LogP) is 2.43. The van der Waals surface area contributed by atoms with Crippen LogP contribution in [0.25, 0.3) is 0 Å². The Morgan fingerprint density at radius 1 is 1.12 bits per heavy atom. The fraction of sp³-hybridized carbons (Fsp3) is 0.200. The second-order valence-corrected chi connectivity index (χ2v) is 4.26. The molecular formula is C15H14NO. The highest BCUT2D eigenvalue weighted by Crippen LogP contribution is 2.28. The normalized spacial score (nSPS) is 24.7. The predicted molar refractivity (Wildman–Crippen MR) is 67.8 cm³/mol. The summed E-state index contributed by atoms with van der Waals surface area (Å²) in [5, 5.41) is 0. The molecule has 0 saturated heterocycles. The molecule has 5 radical (unpaired) electrons. The molecule has 0 N–H and O–H groups in total. The molecule has 1 aromatic carbocycles. The maximum atomic E-state index is 5.63. The summed E-state index contributed by atoms with van der Waals surface area (Å²) in [6.07, 6.45) is 9.02. The maximum absolute atomic E-state index is 5.63. The maximum Gasteiger partial charge on any atom is 0.191 e. The van der Waals surface area contributed by atoms with Crippen LogP contribution in [0.2, 0.25) is 0 Å². The summed E-state index contributed by atoms with van der Waals surface area (Å²) in [5.41, 5.74) is 1.31. The first-order chi connectivity index (χ1) is 8.42. The first kappa shape index (κ1) is 10.8. The highest BCUT2D eigenvalue weighted by Gasteiger charge is 2.29. The van der Waals surface area contributed by atoms with Crippen LogP contribution in [0.15, 0.2) is 35.3 Å². The minimum absolute atomic E-state index is 0.252. The lowest BCUT2D eigenvalue weighted by Crippen LogP contribution is -2.10. The molecule has 3 rings (SSSR count). The van der Waals surface area contributed by atoms with Crippen molar-refractivity contribution in [3.8, 4) is 0 Å². The molecule has 1 aromatic rings. The summed E-state index contributed by atoms with van der Waals surface area (Å²) in [4.78, 5) is 4.62. The summed E-state index contributed by atoms with van der Waals surface area (Å²) in [6, 6.07) is 10.7. The Morgan fingerprint density at radius 3 is 2.65 bits per heavy atom. The molecule has 85 valence electrons. The van der Waals surface area contributed by atoms with Crippen molar-refractivity contribution in [1.82, 2.24) is 0 Å². The van der Waals surface area contributed by atoms with E-state index in [4.69, 9.17) is 4.74 Å². The number of hydrogen-bond donors (Lipinski definition) is 0. The van der Waals surface area contributed by atoms with E-state index in [2.05, 4.69) is 29.3 Å². The zero-order valence-electron chi connectivity index (χ0n) is 9.54. The summed E-state index contributed by atoms with van der Waals surface area (Å²) in [5.74, 6) is 1.87. The highest BCUT2D eigenvalue weighted by atomic mass is 16.5. The van der Waals surface area contributed by atoms with Gasteiger partial charge in [-0.3, -0.25) is 0 Å². The number of aliphatic imine (C=N–C) groups is 1. The first-order valence-corrected chi connectivity index (χ1v) is 5.88. The van der Waals surface area contributed by atoms with Crippen LogP contribution in [-0.4, -0.2) is 18.5 Å². The van der Waals surface area contributed by atoms with Crippen molar-refractivity contribution in [1.29, 1.82) is 0 Å². The van der Waals surface area contributed by atoms with Gasteiger partial charge < -0.3 is 4.74 Å². The molecule has 1 heterocycles. The molecule has 0 spiro atoms. The van der Waals surface area contributed by atoms with Crippen LogP contribution in [0.4, 0.5) is 0 Å². The average Bonchev–Trinajstić information content (AvgIpc) is 3.00. The lowest BCUT2D eigenvalue weighted by Gasteiger charge is -2.05. The molecule has 2 heteroatoms. The lowest BCUT2D eigenvalue weighted by molar-refractivity contribution is 0.314. The SMILES string of the molecule is [CH]1[CH][CH][C](C2=N[C@@H](Cc3ccccc3)CO2)[CH]1. The van der Waals surface area contributed by atoms with E-state index in [0.717, 1.165) is 18.2 Å². The van der Waals surface area contributed by atoms with Crippen LogP contribution in [-0.2, 0) is 11.2 Å². The summed E-state index contributed by atoms with van der Waals surface area (Å²) in [6.45, 7) is 0.690. The van der Waals surface area contributed by atoms with Crippen LogP contribution in [0, 0.1) is 31.6 Å². The first-order valence-electron chi connectivity index (χ1n) is 5.88. The summed E-state index contributed by atoms with van der Waals surface area (Å²) in [7, 11) is 0. The summed E-state index contributed by atoms with van der Waals surface area (Å²) < 4.78 is 5.63. The molecular weight excluding hydrogens is 210 g/mol. The Bertz CT molecular complexity index is 393. The van der Waals surface area contributed by atoms with Crippen molar-refractivity contribution in [2.75, 3.05) is 6.61 Å². The lowest BCUT2D eigenvalue weighted by atomic mass is 10.1. The second-order valence-electron chi connectivity index (χ2n) is 4.26.